The van der Waals surface area contributed by atoms with Gasteiger partial charge in [0.05, 0.1) is 10.9 Å². The number of benzene rings is 3. The van der Waals surface area contributed by atoms with Crippen LogP contribution in [0.15, 0.2) is 82.0 Å². The molecule has 0 fully saturated rings. The van der Waals surface area contributed by atoms with Gasteiger partial charge in [-0.1, -0.05) is 36.4 Å². The zero-order chi connectivity index (χ0) is 19.0. The van der Waals surface area contributed by atoms with Gasteiger partial charge in [-0.2, -0.15) is 0 Å². The SMILES string of the molecule is O=c1oc2ccccc2c(O)c1C(c1ccc(F)cc1)c1ccc(F)cc1. The van der Waals surface area contributed by atoms with Crippen LogP contribution in [0.4, 0.5) is 8.78 Å². The molecular weight excluding hydrogens is 350 g/mol. The first kappa shape index (κ1) is 17.0. The molecule has 3 nitrogen and oxygen atoms in total. The maximum Gasteiger partial charge on any atom is 0.344 e. The maximum atomic E-state index is 13.4. The first-order valence-corrected chi connectivity index (χ1v) is 8.30. The Balaban J connectivity index is 2.02. The third-order valence-electron chi connectivity index (χ3n) is 4.52. The molecule has 134 valence electrons. The van der Waals surface area contributed by atoms with Gasteiger partial charge in [0.25, 0.3) is 0 Å². The van der Waals surface area contributed by atoms with Gasteiger partial charge in [-0.25, -0.2) is 13.6 Å². The average Bonchev–Trinajstić information content (AvgIpc) is 2.67. The quantitative estimate of drug-likeness (QED) is 0.523. The van der Waals surface area contributed by atoms with Gasteiger partial charge < -0.3 is 9.52 Å². The highest BCUT2D eigenvalue weighted by molar-refractivity contribution is 5.84. The van der Waals surface area contributed by atoms with Crippen molar-refractivity contribution < 1.29 is 18.3 Å². The van der Waals surface area contributed by atoms with E-state index in [9.17, 15) is 18.7 Å². The summed E-state index contributed by atoms with van der Waals surface area (Å²) < 4.78 is 32.2. The standard InChI is InChI=1S/C22H14F2O3/c23-15-9-5-13(6-10-15)19(14-7-11-16(24)12-8-14)20-21(25)17-3-1-2-4-18(17)27-22(20)26/h1-12,19,25H. The van der Waals surface area contributed by atoms with Crippen molar-refractivity contribution in [2.45, 2.75) is 5.92 Å². The molecule has 1 aromatic heterocycles. The number of aromatic hydroxyl groups is 1. The molecule has 3 aromatic carbocycles. The van der Waals surface area contributed by atoms with Crippen molar-refractivity contribution in [3.8, 4) is 5.75 Å². The molecule has 4 rings (SSSR count). The minimum absolute atomic E-state index is 0.0203. The van der Waals surface area contributed by atoms with E-state index in [1.807, 2.05) is 0 Å². The summed E-state index contributed by atoms with van der Waals surface area (Å²) in [6.45, 7) is 0. The van der Waals surface area contributed by atoms with Crippen LogP contribution in [-0.4, -0.2) is 5.11 Å². The third-order valence-corrected chi connectivity index (χ3v) is 4.52. The van der Waals surface area contributed by atoms with Crippen LogP contribution >= 0.6 is 0 Å². The Morgan fingerprint density at radius 3 is 1.85 bits per heavy atom. The summed E-state index contributed by atoms with van der Waals surface area (Å²) in [6.07, 6.45) is 0. The molecule has 1 N–H and O–H groups in total. The molecule has 4 aromatic rings. The Kier molecular flexibility index (Phi) is 4.20. The number of fused-ring (bicyclic) bond motifs is 1. The average molecular weight is 364 g/mol. The van der Waals surface area contributed by atoms with E-state index in [1.54, 1.807) is 24.3 Å². The van der Waals surface area contributed by atoms with Gasteiger partial charge in [0.1, 0.15) is 23.0 Å². The molecule has 0 aliphatic carbocycles. The minimum atomic E-state index is -0.743. The molecule has 5 heteroatoms. The van der Waals surface area contributed by atoms with E-state index in [0.29, 0.717) is 16.5 Å². The molecule has 0 atom stereocenters. The van der Waals surface area contributed by atoms with Gasteiger partial charge in [0.2, 0.25) is 0 Å². The van der Waals surface area contributed by atoms with Crippen molar-refractivity contribution >= 4 is 11.0 Å². The normalized spacial score (nSPS) is 11.2. The zero-order valence-corrected chi connectivity index (χ0v) is 14.0. The van der Waals surface area contributed by atoms with Crippen molar-refractivity contribution in [1.29, 1.82) is 0 Å². The smallest absolute Gasteiger partial charge is 0.344 e. The van der Waals surface area contributed by atoms with Crippen LogP contribution in [0.3, 0.4) is 0 Å². The lowest BCUT2D eigenvalue weighted by molar-refractivity contribution is 0.455. The predicted molar refractivity (Wildman–Crippen MR) is 97.9 cm³/mol. The molecule has 0 aliphatic rings. The van der Waals surface area contributed by atoms with Crippen molar-refractivity contribution in [3.05, 3.63) is 112 Å². The fraction of sp³-hybridized carbons (Fsp3) is 0.0455. The van der Waals surface area contributed by atoms with Crippen LogP contribution in [-0.2, 0) is 0 Å². The summed E-state index contributed by atoms with van der Waals surface area (Å²) in [7, 11) is 0. The van der Waals surface area contributed by atoms with E-state index < -0.39 is 23.2 Å². The van der Waals surface area contributed by atoms with E-state index in [4.69, 9.17) is 4.42 Å². The molecule has 0 spiro atoms. The zero-order valence-electron chi connectivity index (χ0n) is 14.0. The molecule has 0 bridgehead atoms. The number of hydrogen-bond acceptors (Lipinski definition) is 3. The van der Waals surface area contributed by atoms with E-state index in [-0.39, 0.29) is 16.9 Å². The Morgan fingerprint density at radius 2 is 1.30 bits per heavy atom. The number of rotatable bonds is 3. The van der Waals surface area contributed by atoms with Gasteiger partial charge >= 0.3 is 5.63 Å². The van der Waals surface area contributed by atoms with Gasteiger partial charge in [-0.15, -0.1) is 0 Å². The molecule has 0 saturated heterocycles. The second kappa shape index (κ2) is 6.68. The Bertz CT molecular complexity index is 1120. The summed E-state index contributed by atoms with van der Waals surface area (Å²) in [6, 6.07) is 17.8. The molecular formula is C22H14F2O3. The van der Waals surface area contributed by atoms with Crippen molar-refractivity contribution in [3.63, 3.8) is 0 Å². The van der Waals surface area contributed by atoms with E-state index in [2.05, 4.69) is 0 Å². The monoisotopic (exact) mass is 364 g/mol. The summed E-state index contributed by atoms with van der Waals surface area (Å²) in [5, 5.41) is 11.2. The fourth-order valence-corrected chi connectivity index (χ4v) is 3.24. The lowest BCUT2D eigenvalue weighted by Gasteiger charge is -2.19. The first-order chi connectivity index (χ1) is 13.0. The van der Waals surface area contributed by atoms with Gasteiger partial charge in [-0.05, 0) is 47.5 Å². The third kappa shape index (κ3) is 3.08. The molecule has 27 heavy (non-hydrogen) atoms. The molecule has 0 saturated carbocycles. The summed E-state index contributed by atoms with van der Waals surface area (Å²) in [5.41, 5.74) is 0.722. The van der Waals surface area contributed by atoms with Gasteiger partial charge in [0.15, 0.2) is 0 Å². The molecule has 0 amide bonds. The summed E-state index contributed by atoms with van der Waals surface area (Å²) in [4.78, 5) is 12.7. The Morgan fingerprint density at radius 1 is 0.778 bits per heavy atom. The molecule has 1 heterocycles. The number of hydrogen-bond donors (Lipinski definition) is 1. The number of para-hydroxylation sites is 1. The largest absolute Gasteiger partial charge is 0.507 e. The molecule has 0 radical (unpaired) electrons. The van der Waals surface area contributed by atoms with Crippen LogP contribution in [0, 0.1) is 11.6 Å². The highest BCUT2D eigenvalue weighted by atomic mass is 19.1. The fourth-order valence-electron chi connectivity index (χ4n) is 3.24. The maximum absolute atomic E-state index is 13.4. The highest BCUT2D eigenvalue weighted by Gasteiger charge is 2.26. The lowest BCUT2D eigenvalue weighted by Crippen LogP contribution is -2.15. The molecule has 0 unspecified atom stereocenters. The van der Waals surface area contributed by atoms with Crippen molar-refractivity contribution in [2.75, 3.05) is 0 Å². The topological polar surface area (TPSA) is 50.4 Å². The summed E-state index contributed by atoms with van der Waals surface area (Å²) >= 11 is 0. The van der Waals surface area contributed by atoms with Crippen LogP contribution in [0.5, 0.6) is 5.75 Å². The van der Waals surface area contributed by atoms with Crippen LogP contribution in [0.1, 0.15) is 22.6 Å². The Labute approximate surface area is 153 Å². The minimum Gasteiger partial charge on any atom is -0.507 e. The second-order valence-corrected chi connectivity index (χ2v) is 6.18. The van der Waals surface area contributed by atoms with Crippen molar-refractivity contribution in [2.24, 2.45) is 0 Å². The second-order valence-electron chi connectivity index (χ2n) is 6.18. The van der Waals surface area contributed by atoms with Crippen LogP contribution in [0.25, 0.3) is 11.0 Å². The highest BCUT2D eigenvalue weighted by Crippen LogP contribution is 2.38. The Hall–Kier alpha value is -3.47. The number of halogens is 2. The van der Waals surface area contributed by atoms with Crippen molar-refractivity contribution in [1.82, 2.24) is 0 Å². The van der Waals surface area contributed by atoms with E-state index in [1.165, 1.54) is 48.5 Å². The predicted octanol–water partition coefficient (Wildman–Crippen LogP) is 4.96. The van der Waals surface area contributed by atoms with Crippen LogP contribution in [0.2, 0.25) is 0 Å². The van der Waals surface area contributed by atoms with E-state index in [0.717, 1.165) is 0 Å². The summed E-state index contributed by atoms with van der Waals surface area (Å²) in [5.74, 6) is -1.80. The first-order valence-electron chi connectivity index (χ1n) is 8.30. The van der Waals surface area contributed by atoms with Gasteiger partial charge in [-0.3, -0.25) is 0 Å². The van der Waals surface area contributed by atoms with E-state index >= 15 is 0 Å². The lowest BCUT2D eigenvalue weighted by atomic mass is 9.85. The van der Waals surface area contributed by atoms with Gasteiger partial charge in [0, 0.05) is 5.92 Å². The van der Waals surface area contributed by atoms with Crippen LogP contribution < -0.4 is 5.63 Å². The molecule has 0 aliphatic heterocycles.